The number of nitrogens with zero attached hydrogens (tertiary/aromatic N) is 6. The Hall–Kier alpha value is -3.64. The molecular formula is C19H24N6O7. The van der Waals surface area contributed by atoms with E-state index in [0.717, 1.165) is 4.57 Å². The van der Waals surface area contributed by atoms with Crippen molar-refractivity contribution in [2.75, 3.05) is 26.8 Å². The number of aryl methyl sites for hydroxylation is 1. The first-order valence-corrected chi connectivity index (χ1v) is 10.2. The van der Waals surface area contributed by atoms with E-state index in [9.17, 15) is 24.0 Å². The number of hydrogen-bond donors (Lipinski definition) is 0. The number of cyclic esters (lactones) is 1. The zero-order valence-electron chi connectivity index (χ0n) is 18.0. The van der Waals surface area contributed by atoms with Crippen molar-refractivity contribution in [3.05, 3.63) is 27.2 Å². The van der Waals surface area contributed by atoms with Gasteiger partial charge in [0.2, 0.25) is 5.91 Å². The lowest BCUT2D eigenvalue weighted by Crippen LogP contribution is -2.52. The van der Waals surface area contributed by atoms with E-state index in [1.807, 2.05) is 0 Å². The molecule has 0 N–H and O–H groups in total. The molecule has 1 unspecified atom stereocenters. The number of fused-ring (bicyclic) bond motifs is 1. The van der Waals surface area contributed by atoms with Gasteiger partial charge in [-0.3, -0.25) is 23.6 Å². The topological polar surface area (TPSA) is 138 Å². The lowest BCUT2D eigenvalue weighted by atomic mass is 10.0. The minimum Gasteiger partial charge on any atom is -0.467 e. The summed E-state index contributed by atoms with van der Waals surface area (Å²) in [4.78, 5) is 68.7. The van der Waals surface area contributed by atoms with Crippen molar-refractivity contribution in [2.45, 2.75) is 31.5 Å². The second-order valence-corrected chi connectivity index (χ2v) is 7.89. The molecule has 0 aliphatic carbocycles. The maximum Gasteiger partial charge on any atom is 0.410 e. The third kappa shape index (κ3) is 3.42. The molecule has 0 radical (unpaired) electrons. The Morgan fingerprint density at radius 2 is 1.84 bits per heavy atom. The molecule has 32 heavy (non-hydrogen) atoms. The number of esters is 1. The highest BCUT2D eigenvalue weighted by molar-refractivity contribution is 5.84. The standard InChI is InChI=1S/C19H24N6O7/c1-21-15-14(16(27)22(2)18(21)29)24(10-20-15)8-13(26)23-6-4-11(5-7-23)25-12(17(28)31-3)9-32-19(25)30/h10-12H,4-9H2,1-3H3. The number of piperidine rings is 1. The van der Waals surface area contributed by atoms with E-state index in [0.29, 0.717) is 25.9 Å². The van der Waals surface area contributed by atoms with Gasteiger partial charge in [0.05, 0.1) is 13.4 Å². The lowest BCUT2D eigenvalue weighted by Gasteiger charge is -2.37. The van der Waals surface area contributed by atoms with Crippen LogP contribution in [0.3, 0.4) is 0 Å². The van der Waals surface area contributed by atoms with Crippen LogP contribution < -0.4 is 11.2 Å². The van der Waals surface area contributed by atoms with Gasteiger partial charge in [0.15, 0.2) is 17.2 Å². The molecule has 0 aromatic carbocycles. The van der Waals surface area contributed by atoms with Gasteiger partial charge in [-0.1, -0.05) is 0 Å². The molecule has 0 saturated carbocycles. The van der Waals surface area contributed by atoms with Crippen LogP contribution in [-0.2, 0) is 39.7 Å². The van der Waals surface area contributed by atoms with Gasteiger partial charge < -0.3 is 18.9 Å². The summed E-state index contributed by atoms with van der Waals surface area (Å²) in [6, 6.07) is -1.02. The predicted octanol–water partition coefficient (Wildman–Crippen LogP) is -1.58. The fraction of sp³-hybridized carbons (Fsp3) is 0.579. The summed E-state index contributed by atoms with van der Waals surface area (Å²) < 4.78 is 13.5. The summed E-state index contributed by atoms with van der Waals surface area (Å²) in [7, 11) is 4.15. The zero-order valence-corrected chi connectivity index (χ0v) is 18.0. The number of carbonyl (C=O) groups is 3. The van der Waals surface area contributed by atoms with Crippen molar-refractivity contribution < 1.29 is 23.9 Å². The van der Waals surface area contributed by atoms with Crippen molar-refractivity contribution in [2.24, 2.45) is 14.1 Å². The Balaban J connectivity index is 1.46. The van der Waals surface area contributed by atoms with Gasteiger partial charge in [0.1, 0.15) is 13.2 Å². The van der Waals surface area contributed by atoms with Crippen LogP contribution in [0.1, 0.15) is 12.8 Å². The molecule has 1 atom stereocenters. The fourth-order valence-corrected chi connectivity index (χ4v) is 4.31. The van der Waals surface area contributed by atoms with Crippen LogP contribution in [0.15, 0.2) is 15.9 Å². The van der Waals surface area contributed by atoms with E-state index in [-0.39, 0.29) is 36.3 Å². The van der Waals surface area contributed by atoms with Crippen molar-refractivity contribution in [1.82, 2.24) is 28.5 Å². The third-order valence-electron chi connectivity index (χ3n) is 6.12. The van der Waals surface area contributed by atoms with E-state index in [1.54, 1.807) is 4.90 Å². The number of methoxy groups -OCH3 is 1. The van der Waals surface area contributed by atoms with Crippen molar-refractivity contribution in [1.29, 1.82) is 0 Å². The van der Waals surface area contributed by atoms with E-state index in [2.05, 4.69) is 4.98 Å². The molecule has 2 aromatic rings. The summed E-state index contributed by atoms with van der Waals surface area (Å²) in [5.74, 6) is -0.746. The van der Waals surface area contributed by atoms with Gasteiger partial charge in [-0.2, -0.15) is 0 Å². The quantitative estimate of drug-likeness (QED) is 0.511. The SMILES string of the molecule is COC(=O)C1COC(=O)N1C1CCN(C(=O)Cn2cnc3c2c(=O)n(C)c(=O)n3C)CC1. The first-order chi connectivity index (χ1) is 15.2. The number of imidazole rings is 1. The van der Waals surface area contributed by atoms with Crippen LogP contribution in [-0.4, -0.2) is 85.3 Å². The molecule has 172 valence electrons. The Labute approximate surface area is 181 Å². The normalized spacial score (nSPS) is 19.5. The van der Waals surface area contributed by atoms with Crippen LogP contribution in [0.25, 0.3) is 11.2 Å². The van der Waals surface area contributed by atoms with Crippen molar-refractivity contribution >= 4 is 29.1 Å². The summed E-state index contributed by atoms with van der Waals surface area (Å²) in [5, 5.41) is 0. The first-order valence-electron chi connectivity index (χ1n) is 10.2. The molecule has 13 heteroatoms. The fourth-order valence-electron chi connectivity index (χ4n) is 4.31. The Morgan fingerprint density at radius 1 is 1.16 bits per heavy atom. The number of amides is 2. The Morgan fingerprint density at radius 3 is 2.50 bits per heavy atom. The van der Waals surface area contributed by atoms with Crippen LogP contribution in [0.5, 0.6) is 0 Å². The first kappa shape index (κ1) is 21.6. The summed E-state index contributed by atoms with van der Waals surface area (Å²) in [6.45, 7) is 0.607. The minimum atomic E-state index is -0.778. The van der Waals surface area contributed by atoms with Gasteiger partial charge in [-0.15, -0.1) is 0 Å². The van der Waals surface area contributed by atoms with Gasteiger partial charge in [0, 0.05) is 33.2 Å². The lowest BCUT2D eigenvalue weighted by molar-refractivity contribution is -0.146. The highest BCUT2D eigenvalue weighted by Crippen LogP contribution is 2.25. The predicted molar refractivity (Wildman–Crippen MR) is 109 cm³/mol. The molecule has 2 saturated heterocycles. The van der Waals surface area contributed by atoms with E-state index < -0.39 is 29.4 Å². The highest BCUT2D eigenvalue weighted by Gasteiger charge is 2.44. The largest absolute Gasteiger partial charge is 0.467 e. The van der Waals surface area contributed by atoms with Gasteiger partial charge in [0.25, 0.3) is 5.56 Å². The molecule has 2 fully saturated rings. The highest BCUT2D eigenvalue weighted by atomic mass is 16.6. The maximum atomic E-state index is 12.9. The number of aromatic nitrogens is 4. The number of hydrogen-bond acceptors (Lipinski definition) is 8. The molecule has 2 aromatic heterocycles. The van der Waals surface area contributed by atoms with Gasteiger partial charge in [-0.25, -0.2) is 19.4 Å². The van der Waals surface area contributed by atoms with Crippen LogP contribution >= 0.6 is 0 Å². The summed E-state index contributed by atoms with van der Waals surface area (Å²) in [6.07, 6.45) is 1.78. The number of likely N-dealkylation sites (tertiary alicyclic amines) is 1. The molecule has 13 nitrogen and oxygen atoms in total. The molecule has 4 rings (SSSR count). The molecule has 0 bridgehead atoms. The Kier molecular flexibility index (Phi) is 5.48. The second-order valence-electron chi connectivity index (χ2n) is 7.89. The number of carbonyl (C=O) groups excluding carboxylic acids is 3. The van der Waals surface area contributed by atoms with Crippen LogP contribution in [0.2, 0.25) is 0 Å². The van der Waals surface area contributed by atoms with Crippen LogP contribution in [0.4, 0.5) is 4.79 Å². The van der Waals surface area contributed by atoms with Gasteiger partial charge in [-0.05, 0) is 12.8 Å². The summed E-state index contributed by atoms with van der Waals surface area (Å²) in [5.41, 5.74) is -0.620. The monoisotopic (exact) mass is 448 g/mol. The van der Waals surface area contributed by atoms with Crippen molar-refractivity contribution in [3.8, 4) is 0 Å². The second kappa shape index (κ2) is 8.13. The minimum absolute atomic E-state index is 0.0458. The van der Waals surface area contributed by atoms with Crippen LogP contribution in [0, 0.1) is 0 Å². The molecular weight excluding hydrogens is 424 g/mol. The van der Waals surface area contributed by atoms with E-state index >= 15 is 0 Å². The zero-order chi connectivity index (χ0) is 23.2. The molecule has 2 aliphatic heterocycles. The summed E-state index contributed by atoms with van der Waals surface area (Å²) >= 11 is 0. The average molecular weight is 448 g/mol. The van der Waals surface area contributed by atoms with Crippen molar-refractivity contribution in [3.63, 3.8) is 0 Å². The third-order valence-corrected chi connectivity index (χ3v) is 6.12. The Bertz CT molecular complexity index is 1200. The van der Waals surface area contributed by atoms with E-state index in [4.69, 9.17) is 9.47 Å². The molecule has 2 aliphatic rings. The number of rotatable bonds is 4. The average Bonchev–Trinajstić information content (AvgIpc) is 3.39. The molecule has 4 heterocycles. The van der Waals surface area contributed by atoms with E-state index in [1.165, 1.54) is 41.6 Å². The smallest absolute Gasteiger partial charge is 0.410 e. The molecule has 2 amide bonds. The molecule has 0 spiro atoms. The maximum absolute atomic E-state index is 12.9. The number of ether oxygens (including phenoxy) is 2. The van der Waals surface area contributed by atoms with Gasteiger partial charge >= 0.3 is 17.8 Å².